The highest BCUT2D eigenvalue weighted by Crippen LogP contribution is 2.22. The molecule has 0 aliphatic heterocycles. The van der Waals surface area contributed by atoms with Crippen LogP contribution in [-0.4, -0.2) is 35.2 Å². The number of carbonyl (C=O) groups is 1. The van der Waals surface area contributed by atoms with Crippen molar-refractivity contribution in [2.75, 3.05) is 18.4 Å². The first-order valence-electron chi connectivity index (χ1n) is 7.34. The minimum Gasteiger partial charge on any atom is -0.477 e. The van der Waals surface area contributed by atoms with E-state index < -0.39 is 5.97 Å². The molecule has 0 atom stereocenters. The molecule has 2 aromatic rings. The molecule has 0 radical (unpaired) electrons. The van der Waals surface area contributed by atoms with Crippen molar-refractivity contribution in [2.45, 2.75) is 25.3 Å². The van der Waals surface area contributed by atoms with Crippen LogP contribution in [0.4, 0.5) is 5.82 Å². The number of carboxylic acid groups (broad SMARTS) is 1. The molecule has 110 valence electrons. The first-order chi connectivity index (χ1) is 10.2. The van der Waals surface area contributed by atoms with E-state index in [1.165, 1.54) is 12.8 Å². The lowest BCUT2D eigenvalue weighted by atomic mass is 10.1. The van der Waals surface area contributed by atoms with Gasteiger partial charge in [-0.15, -0.1) is 0 Å². The van der Waals surface area contributed by atoms with Gasteiger partial charge in [-0.05, 0) is 37.3 Å². The average molecular weight is 285 g/mol. The van der Waals surface area contributed by atoms with Gasteiger partial charge in [0.15, 0.2) is 5.69 Å². The van der Waals surface area contributed by atoms with Gasteiger partial charge in [0.25, 0.3) is 0 Å². The van der Waals surface area contributed by atoms with E-state index in [0.29, 0.717) is 5.82 Å². The fourth-order valence-electron chi connectivity index (χ4n) is 2.33. The number of carboxylic acids is 1. The first-order valence-corrected chi connectivity index (χ1v) is 7.34. The van der Waals surface area contributed by atoms with Crippen molar-refractivity contribution in [1.82, 2.24) is 10.3 Å². The summed E-state index contributed by atoms with van der Waals surface area (Å²) in [7, 11) is 0. The van der Waals surface area contributed by atoms with Crippen LogP contribution in [0.2, 0.25) is 0 Å². The summed E-state index contributed by atoms with van der Waals surface area (Å²) in [5, 5.41) is 17.7. The molecule has 1 aromatic carbocycles. The number of nitrogens with one attached hydrogen (secondary N) is 2. The second-order valence-electron chi connectivity index (χ2n) is 5.39. The molecule has 0 saturated heterocycles. The molecule has 0 spiro atoms. The monoisotopic (exact) mass is 285 g/mol. The number of rotatable bonds is 7. The number of hydrogen-bond donors (Lipinski definition) is 3. The van der Waals surface area contributed by atoms with E-state index >= 15 is 0 Å². The minimum atomic E-state index is -1.00. The van der Waals surface area contributed by atoms with Crippen LogP contribution < -0.4 is 10.6 Å². The Morgan fingerprint density at radius 1 is 1.29 bits per heavy atom. The summed E-state index contributed by atoms with van der Waals surface area (Å²) >= 11 is 0. The van der Waals surface area contributed by atoms with Gasteiger partial charge in [-0.2, -0.15) is 0 Å². The van der Waals surface area contributed by atoms with E-state index in [-0.39, 0.29) is 5.69 Å². The smallest absolute Gasteiger partial charge is 0.354 e. The molecule has 1 fully saturated rings. The van der Waals surface area contributed by atoms with Crippen molar-refractivity contribution < 1.29 is 9.90 Å². The summed E-state index contributed by atoms with van der Waals surface area (Å²) in [6.07, 6.45) is 3.57. The molecular weight excluding hydrogens is 266 g/mol. The van der Waals surface area contributed by atoms with E-state index in [9.17, 15) is 4.79 Å². The van der Waals surface area contributed by atoms with Crippen molar-refractivity contribution in [3.05, 3.63) is 36.0 Å². The summed E-state index contributed by atoms with van der Waals surface area (Å²) in [6, 6.07) is 10.0. The van der Waals surface area contributed by atoms with Gasteiger partial charge >= 0.3 is 5.97 Å². The zero-order valence-electron chi connectivity index (χ0n) is 11.8. The second kappa shape index (κ2) is 6.10. The van der Waals surface area contributed by atoms with Crippen molar-refractivity contribution in [3.63, 3.8) is 0 Å². The summed E-state index contributed by atoms with van der Waals surface area (Å²) in [4.78, 5) is 15.4. The minimum absolute atomic E-state index is 0.0762. The highest BCUT2D eigenvalue weighted by molar-refractivity contribution is 5.97. The van der Waals surface area contributed by atoms with E-state index in [4.69, 9.17) is 5.11 Å². The lowest BCUT2D eigenvalue weighted by Gasteiger charge is -2.10. The zero-order chi connectivity index (χ0) is 14.7. The lowest BCUT2D eigenvalue weighted by molar-refractivity contribution is 0.0691. The molecular formula is C16H19N3O2. The van der Waals surface area contributed by atoms with E-state index in [0.717, 1.165) is 36.3 Å². The van der Waals surface area contributed by atoms with Gasteiger partial charge in [-0.3, -0.25) is 0 Å². The zero-order valence-corrected chi connectivity index (χ0v) is 11.8. The van der Waals surface area contributed by atoms with Crippen molar-refractivity contribution in [3.8, 4) is 0 Å². The van der Waals surface area contributed by atoms with Crippen LogP contribution in [0.3, 0.4) is 0 Å². The number of aromatic carboxylic acids is 1. The predicted molar refractivity (Wildman–Crippen MR) is 82.8 cm³/mol. The molecule has 0 unspecified atom stereocenters. The highest BCUT2D eigenvalue weighted by Gasteiger charge is 2.19. The van der Waals surface area contributed by atoms with Crippen LogP contribution in [0, 0.1) is 0 Å². The fraction of sp³-hybridized carbons (Fsp3) is 0.375. The molecule has 1 saturated carbocycles. The Morgan fingerprint density at radius 3 is 2.86 bits per heavy atom. The van der Waals surface area contributed by atoms with Crippen LogP contribution in [-0.2, 0) is 0 Å². The fourth-order valence-corrected chi connectivity index (χ4v) is 2.33. The Labute approximate surface area is 123 Å². The molecule has 3 rings (SSSR count). The normalized spacial score (nSPS) is 14.3. The van der Waals surface area contributed by atoms with Crippen LogP contribution in [0.5, 0.6) is 0 Å². The molecule has 21 heavy (non-hydrogen) atoms. The third-order valence-electron chi connectivity index (χ3n) is 3.62. The maximum atomic E-state index is 11.2. The van der Waals surface area contributed by atoms with E-state index in [1.54, 1.807) is 6.07 Å². The van der Waals surface area contributed by atoms with Crippen LogP contribution >= 0.6 is 0 Å². The molecule has 0 bridgehead atoms. The Bertz CT molecular complexity index is 653. The van der Waals surface area contributed by atoms with Gasteiger partial charge in [0.05, 0.1) is 0 Å². The van der Waals surface area contributed by atoms with Crippen molar-refractivity contribution in [1.29, 1.82) is 0 Å². The largest absolute Gasteiger partial charge is 0.477 e. The molecule has 1 aromatic heterocycles. The molecule has 5 nitrogen and oxygen atoms in total. The Balaban J connectivity index is 1.70. The second-order valence-corrected chi connectivity index (χ2v) is 5.39. The summed E-state index contributed by atoms with van der Waals surface area (Å²) in [6.45, 7) is 1.76. The standard InChI is InChI=1S/C16H19N3O2/c20-16(21)14-10-11-4-1-2-5-13(11)15(19-14)18-9-3-8-17-12-6-7-12/h1-2,4-5,10,12,17H,3,6-9H2,(H,18,19)(H,20,21). The van der Waals surface area contributed by atoms with Crippen LogP contribution in [0.15, 0.2) is 30.3 Å². The maximum Gasteiger partial charge on any atom is 0.354 e. The molecule has 5 heteroatoms. The molecule has 3 N–H and O–H groups in total. The van der Waals surface area contributed by atoms with Gasteiger partial charge < -0.3 is 15.7 Å². The number of hydrogen-bond acceptors (Lipinski definition) is 4. The molecule has 1 aliphatic rings. The van der Waals surface area contributed by atoms with Crippen LogP contribution in [0.1, 0.15) is 29.8 Å². The summed E-state index contributed by atoms with van der Waals surface area (Å²) in [5.74, 6) is -0.351. The lowest BCUT2D eigenvalue weighted by Crippen LogP contribution is -2.20. The molecule has 1 heterocycles. The first kappa shape index (κ1) is 13.8. The molecule has 1 aliphatic carbocycles. The number of fused-ring (bicyclic) bond motifs is 1. The quantitative estimate of drug-likeness (QED) is 0.682. The van der Waals surface area contributed by atoms with Gasteiger partial charge in [0, 0.05) is 18.0 Å². The summed E-state index contributed by atoms with van der Waals surface area (Å²) < 4.78 is 0. The van der Waals surface area contributed by atoms with Crippen LogP contribution in [0.25, 0.3) is 10.8 Å². The number of aromatic nitrogens is 1. The Morgan fingerprint density at radius 2 is 2.10 bits per heavy atom. The maximum absolute atomic E-state index is 11.2. The van der Waals surface area contributed by atoms with Gasteiger partial charge in [0.2, 0.25) is 0 Å². The third-order valence-corrected chi connectivity index (χ3v) is 3.62. The Kier molecular flexibility index (Phi) is 4.01. The van der Waals surface area contributed by atoms with Crippen molar-refractivity contribution in [2.24, 2.45) is 0 Å². The SMILES string of the molecule is O=C(O)c1cc2ccccc2c(NCCCNC2CC2)n1. The van der Waals surface area contributed by atoms with Gasteiger partial charge in [0.1, 0.15) is 5.82 Å². The number of pyridine rings is 1. The number of anilines is 1. The molecule has 0 amide bonds. The predicted octanol–water partition coefficient (Wildman–Crippen LogP) is 2.49. The summed E-state index contributed by atoms with van der Waals surface area (Å²) in [5.41, 5.74) is 0.0762. The Hall–Kier alpha value is -2.14. The highest BCUT2D eigenvalue weighted by atomic mass is 16.4. The van der Waals surface area contributed by atoms with Crippen molar-refractivity contribution >= 4 is 22.6 Å². The number of benzene rings is 1. The van der Waals surface area contributed by atoms with E-state index in [1.807, 2.05) is 24.3 Å². The number of nitrogens with zero attached hydrogens (tertiary/aromatic N) is 1. The van der Waals surface area contributed by atoms with E-state index in [2.05, 4.69) is 15.6 Å². The topological polar surface area (TPSA) is 74.2 Å². The third kappa shape index (κ3) is 3.49. The average Bonchev–Trinajstić information content (AvgIpc) is 3.30. The van der Waals surface area contributed by atoms with Gasteiger partial charge in [-0.25, -0.2) is 9.78 Å². The van der Waals surface area contributed by atoms with Gasteiger partial charge in [-0.1, -0.05) is 24.3 Å².